The fourth-order valence-corrected chi connectivity index (χ4v) is 9.69. The standard InChI is InChI=1S/C25H34N2O4.C15H22N2O.C11H13ClO.C10H12O3.C4H10N2/c1-19-7-6-8-20(2)23(19)15-21(28)16-26-11-13-27(14-12-26)17-22(29)18-31-25-10-5-4-9-24(25)30-3;1-12-4-3-5-13(2)15(12)10-14(18)11-17-8-6-16-7-9-17;1-8-4-3-5-9(2)11(8)6-10(13)7-12;1-11-9-4-2-3-5-10(9)13-7-8-6-12-8;1-2-6-4-3-5-1/h4-10,22,29H,11-18H2,1-3H3;3-5,16H,6-11H2,1-2H3;3-5H,6-7H2,1-2H3;2-5,8H,6-7H2,1H3;5-6H,1-4H2. The molecule has 2 atom stereocenters. The van der Waals surface area contributed by atoms with Crippen LogP contribution in [-0.2, 0) is 38.4 Å². The SMILES string of the molecule is C1CNCCN1.COc1ccccc1OCC(O)CN1CCN(CC(=O)Cc2c(C)cccc2C)CC1.COc1ccccc1OCC1CO1.Cc1cccc(C)c1CC(=O)CCl.Cc1cccc(C)c1CC(=O)CN1CCNCC1. The van der Waals surface area contributed by atoms with Crippen molar-refractivity contribution in [1.29, 1.82) is 0 Å². The molecule has 0 aromatic heterocycles. The summed E-state index contributed by atoms with van der Waals surface area (Å²) in [6.07, 6.45) is 1.23. The molecule has 2 unspecified atom stereocenters. The van der Waals surface area contributed by atoms with Crippen LogP contribution in [0.3, 0.4) is 0 Å². The number of nitrogens with one attached hydrogen (secondary N) is 3. The van der Waals surface area contributed by atoms with Crippen LogP contribution in [0.25, 0.3) is 0 Å². The maximum atomic E-state index is 12.6. The lowest BCUT2D eigenvalue weighted by atomic mass is 9.98. The number of aryl methyl sites for hydroxylation is 6. The molecule has 0 amide bonds. The molecule has 4 heterocycles. The lowest BCUT2D eigenvalue weighted by Crippen LogP contribution is -2.50. The van der Waals surface area contributed by atoms with Gasteiger partial charge in [0.2, 0.25) is 0 Å². The van der Waals surface area contributed by atoms with E-state index in [-0.39, 0.29) is 30.2 Å². The molecule has 0 saturated carbocycles. The third-order valence-corrected chi connectivity index (χ3v) is 14.8. The first-order valence-corrected chi connectivity index (χ1v) is 29.1. The Hall–Kier alpha value is -5.72. The summed E-state index contributed by atoms with van der Waals surface area (Å²) in [4.78, 5) is 42.6. The van der Waals surface area contributed by atoms with Gasteiger partial charge in [-0.2, -0.15) is 0 Å². The largest absolute Gasteiger partial charge is 0.493 e. The van der Waals surface area contributed by atoms with Crippen molar-refractivity contribution in [3.8, 4) is 23.0 Å². The highest BCUT2D eigenvalue weighted by molar-refractivity contribution is 6.27. The lowest BCUT2D eigenvalue weighted by Gasteiger charge is -2.35. The molecule has 0 radical (unpaired) electrons. The Morgan fingerprint density at radius 2 is 0.877 bits per heavy atom. The van der Waals surface area contributed by atoms with Crippen LogP contribution in [0.15, 0.2) is 103 Å². The molecular formula is C65H91ClN6O9. The number of carbonyl (C=O) groups is 3. The van der Waals surface area contributed by atoms with Gasteiger partial charge in [-0.05, 0) is 116 Å². The van der Waals surface area contributed by atoms with E-state index < -0.39 is 6.10 Å². The maximum Gasteiger partial charge on any atom is 0.161 e. The van der Waals surface area contributed by atoms with Gasteiger partial charge in [0, 0.05) is 104 Å². The number of aliphatic hydroxyl groups is 1. The number of epoxide rings is 1. The number of alkyl halides is 1. The number of ketones is 3. The number of nitrogens with zero attached hydrogens (tertiary/aromatic N) is 3. The zero-order valence-electron chi connectivity index (χ0n) is 49.5. The predicted molar refractivity (Wildman–Crippen MR) is 325 cm³/mol. The number of β-amino-alcohol motifs (C(OH)–C–C–N with tert-alkyl or cyclic N) is 1. The van der Waals surface area contributed by atoms with Crippen LogP contribution in [0.1, 0.15) is 50.1 Å². The first kappa shape index (κ1) is 66.1. The van der Waals surface area contributed by atoms with Crippen LogP contribution in [-0.4, -0.2) is 187 Å². The number of para-hydroxylation sites is 4. The molecule has 4 aliphatic rings. The Bertz CT molecular complexity index is 2600. The van der Waals surface area contributed by atoms with Gasteiger partial charge in [0.25, 0.3) is 0 Å². The molecule has 5 aromatic rings. The molecule has 15 nitrogen and oxygen atoms in total. The van der Waals surface area contributed by atoms with Gasteiger partial charge < -0.3 is 44.7 Å². The van der Waals surface area contributed by atoms with Crippen molar-refractivity contribution in [2.24, 2.45) is 0 Å². The van der Waals surface area contributed by atoms with Gasteiger partial charge in [0.15, 0.2) is 40.3 Å². The number of ether oxygens (including phenoxy) is 5. The smallest absolute Gasteiger partial charge is 0.161 e. The second-order valence-electron chi connectivity index (χ2n) is 21.0. The number of piperazine rings is 3. The van der Waals surface area contributed by atoms with Gasteiger partial charge in [0.05, 0.1) is 39.8 Å². The average molecular weight is 1140 g/mol. The lowest BCUT2D eigenvalue weighted by molar-refractivity contribution is -0.120. The summed E-state index contributed by atoms with van der Waals surface area (Å²) < 4.78 is 26.7. The fraction of sp³-hybridized carbons (Fsp3) is 0.492. The van der Waals surface area contributed by atoms with Crippen LogP contribution in [0.4, 0.5) is 0 Å². The highest BCUT2D eigenvalue weighted by Gasteiger charge is 2.24. The van der Waals surface area contributed by atoms with Crippen molar-refractivity contribution < 1.29 is 43.2 Å². The van der Waals surface area contributed by atoms with Crippen molar-refractivity contribution in [3.63, 3.8) is 0 Å². The van der Waals surface area contributed by atoms with Crippen molar-refractivity contribution >= 4 is 29.0 Å². The Morgan fingerprint density at radius 3 is 1.26 bits per heavy atom. The van der Waals surface area contributed by atoms with Crippen LogP contribution >= 0.6 is 11.6 Å². The molecule has 9 rings (SSSR count). The number of halogens is 1. The molecule has 5 aromatic carbocycles. The summed E-state index contributed by atoms with van der Waals surface area (Å²) in [6, 6.07) is 33.5. The average Bonchev–Trinajstić information content (AvgIpc) is 4.32. The highest BCUT2D eigenvalue weighted by Crippen LogP contribution is 2.28. The van der Waals surface area contributed by atoms with Crippen molar-refractivity contribution in [2.75, 3.05) is 138 Å². The summed E-state index contributed by atoms with van der Waals surface area (Å²) in [6.45, 7) is 27.5. The van der Waals surface area contributed by atoms with Gasteiger partial charge >= 0.3 is 0 Å². The van der Waals surface area contributed by atoms with Crippen molar-refractivity contribution in [1.82, 2.24) is 30.7 Å². The topological polar surface area (TPSA) is 167 Å². The number of rotatable bonds is 21. The third-order valence-electron chi connectivity index (χ3n) is 14.5. The molecule has 4 aliphatic heterocycles. The maximum absolute atomic E-state index is 12.6. The molecule has 0 bridgehead atoms. The second kappa shape index (κ2) is 36.7. The Balaban J connectivity index is 0.000000204. The molecule has 0 aliphatic carbocycles. The van der Waals surface area contributed by atoms with E-state index in [1.165, 1.54) is 38.9 Å². The summed E-state index contributed by atoms with van der Waals surface area (Å²) in [5, 5.41) is 20.1. The van der Waals surface area contributed by atoms with Crippen LogP contribution in [0.5, 0.6) is 23.0 Å². The zero-order chi connectivity index (χ0) is 58.4. The Labute approximate surface area is 488 Å². The van der Waals surface area contributed by atoms with Gasteiger partial charge in [-0.3, -0.25) is 29.1 Å². The van der Waals surface area contributed by atoms with E-state index >= 15 is 0 Å². The number of benzene rings is 5. The zero-order valence-corrected chi connectivity index (χ0v) is 50.2. The molecular weight excluding hydrogens is 1040 g/mol. The summed E-state index contributed by atoms with van der Waals surface area (Å²) in [5.74, 6) is 3.62. The minimum Gasteiger partial charge on any atom is -0.493 e. The van der Waals surface area contributed by atoms with Crippen LogP contribution < -0.4 is 34.9 Å². The molecule has 442 valence electrons. The van der Waals surface area contributed by atoms with Crippen LogP contribution in [0.2, 0.25) is 0 Å². The van der Waals surface area contributed by atoms with Gasteiger partial charge in [0.1, 0.15) is 25.4 Å². The number of Topliss-reactive ketones (excluding diaryl/α,β-unsaturated/α-hetero) is 3. The number of hydrogen-bond donors (Lipinski definition) is 4. The molecule has 4 saturated heterocycles. The Morgan fingerprint density at radius 1 is 0.519 bits per heavy atom. The number of hydrogen-bond acceptors (Lipinski definition) is 15. The van der Waals surface area contributed by atoms with Crippen molar-refractivity contribution in [2.45, 2.75) is 73.0 Å². The van der Waals surface area contributed by atoms with E-state index in [1.807, 2.05) is 86.6 Å². The van der Waals surface area contributed by atoms with E-state index in [0.29, 0.717) is 62.8 Å². The van der Waals surface area contributed by atoms with Gasteiger partial charge in [-0.1, -0.05) is 78.9 Å². The number of methoxy groups -OCH3 is 2. The number of aliphatic hydroxyl groups excluding tert-OH is 1. The third kappa shape index (κ3) is 24.7. The predicted octanol–water partition coefficient (Wildman–Crippen LogP) is 7.11. The minimum absolute atomic E-state index is 0.0825. The molecule has 81 heavy (non-hydrogen) atoms. The normalized spacial score (nSPS) is 16.4. The van der Waals surface area contributed by atoms with Gasteiger partial charge in [-0.15, -0.1) is 11.6 Å². The fourth-order valence-electron chi connectivity index (χ4n) is 9.60. The first-order valence-electron chi connectivity index (χ1n) is 28.5. The summed E-state index contributed by atoms with van der Waals surface area (Å²) in [5.41, 5.74) is 10.6. The number of carbonyl (C=O) groups excluding carboxylic acids is 3. The monoisotopic (exact) mass is 1130 g/mol. The van der Waals surface area contributed by atoms with E-state index in [0.717, 1.165) is 108 Å². The molecule has 0 spiro atoms. The summed E-state index contributed by atoms with van der Waals surface area (Å²) in [7, 11) is 3.24. The van der Waals surface area contributed by atoms with Crippen molar-refractivity contribution in [3.05, 3.63) is 153 Å². The quantitative estimate of drug-likeness (QED) is 0.0434. The van der Waals surface area contributed by atoms with Gasteiger partial charge in [-0.25, -0.2) is 0 Å². The molecule has 4 fully saturated rings. The second-order valence-corrected chi connectivity index (χ2v) is 21.3. The van der Waals surface area contributed by atoms with E-state index in [2.05, 4.69) is 88.7 Å². The van der Waals surface area contributed by atoms with E-state index in [1.54, 1.807) is 14.2 Å². The Kier molecular flexibility index (Phi) is 29.9. The molecule has 16 heteroatoms. The van der Waals surface area contributed by atoms with E-state index in [9.17, 15) is 19.5 Å². The first-order chi connectivity index (χ1) is 39.2. The van der Waals surface area contributed by atoms with Crippen LogP contribution in [0, 0.1) is 41.5 Å². The molecule has 4 N–H and O–H groups in total. The van der Waals surface area contributed by atoms with E-state index in [4.69, 9.17) is 35.3 Å². The minimum atomic E-state index is -0.581. The summed E-state index contributed by atoms with van der Waals surface area (Å²) >= 11 is 5.46. The highest BCUT2D eigenvalue weighted by atomic mass is 35.5.